The van der Waals surface area contributed by atoms with Gasteiger partial charge in [0.05, 0.1) is 6.54 Å². The van der Waals surface area contributed by atoms with Gasteiger partial charge in [-0.25, -0.2) is 4.79 Å². The number of carbonyl (C=O) groups excluding carboxylic acids is 1. The Labute approximate surface area is 138 Å². The third kappa shape index (κ3) is 7.18. The highest BCUT2D eigenvalue weighted by Crippen LogP contribution is 2.25. The second-order valence-electron chi connectivity index (χ2n) is 7.10. The smallest absolute Gasteiger partial charge is 0.317 e. The van der Waals surface area contributed by atoms with Crippen molar-refractivity contribution in [2.24, 2.45) is 5.41 Å². The Balaban J connectivity index is 2.24. The molecular weight excluding hydrogens is 298 g/mol. The lowest BCUT2D eigenvalue weighted by atomic mass is 9.85. The van der Waals surface area contributed by atoms with Gasteiger partial charge in [-0.15, -0.1) is 0 Å². The highest BCUT2D eigenvalue weighted by Gasteiger charge is 2.34. The average Bonchev–Trinajstić information content (AvgIpc) is 2.44. The zero-order chi connectivity index (χ0) is 17.5. The van der Waals surface area contributed by atoms with Crippen molar-refractivity contribution in [1.29, 1.82) is 0 Å². The van der Waals surface area contributed by atoms with Crippen LogP contribution < -0.4 is 10.6 Å². The number of nitrogens with zero attached hydrogens (tertiary/aromatic N) is 1. The van der Waals surface area contributed by atoms with E-state index in [0.29, 0.717) is 13.1 Å². The molecule has 1 aliphatic carbocycles. The Morgan fingerprint density at radius 3 is 2.48 bits per heavy atom. The molecule has 7 nitrogen and oxygen atoms in total. The summed E-state index contributed by atoms with van der Waals surface area (Å²) in [4.78, 5) is 24.6. The number of hydrogen-bond acceptors (Lipinski definition) is 4. The zero-order valence-electron chi connectivity index (χ0n) is 14.5. The van der Waals surface area contributed by atoms with Crippen molar-refractivity contribution < 1.29 is 19.8 Å². The first kappa shape index (κ1) is 19.7. The number of aliphatic carboxylic acids is 1. The molecule has 1 saturated carbocycles. The van der Waals surface area contributed by atoms with E-state index < -0.39 is 5.97 Å². The van der Waals surface area contributed by atoms with Crippen LogP contribution in [0, 0.1) is 5.41 Å². The Bertz CT molecular complexity index is 395. The van der Waals surface area contributed by atoms with Gasteiger partial charge < -0.3 is 20.8 Å². The predicted octanol–water partition coefficient (Wildman–Crippen LogP) is 1.02. The average molecular weight is 329 g/mol. The molecule has 134 valence electrons. The minimum absolute atomic E-state index is 0.0390. The fourth-order valence-corrected chi connectivity index (χ4v) is 2.88. The minimum Gasteiger partial charge on any atom is -0.480 e. The summed E-state index contributed by atoms with van der Waals surface area (Å²) in [5.74, 6) is -0.814. The number of likely N-dealkylation sites (N-methyl/N-ethyl adjacent to an activating group) is 1. The van der Waals surface area contributed by atoms with Crippen LogP contribution in [0.3, 0.4) is 0 Å². The van der Waals surface area contributed by atoms with E-state index in [9.17, 15) is 9.59 Å². The maximum absolute atomic E-state index is 11.9. The van der Waals surface area contributed by atoms with Crippen molar-refractivity contribution in [1.82, 2.24) is 15.5 Å². The summed E-state index contributed by atoms with van der Waals surface area (Å²) < 4.78 is 0. The zero-order valence-corrected chi connectivity index (χ0v) is 14.5. The summed E-state index contributed by atoms with van der Waals surface area (Å²) >= 11 is 0. The predicted molar refractivity (Wildman–Crippen MR) is 88.3 cm³/mol. The summed E-state index contributed by atoms with van der Waals surface area (Å²) in [5.41, 5.74) is -0.0390. The van der Waals surface area contributed by atoms with Gasteiger partial charge in [-0.1, -0.05) is 20.8 Å². The first-order valence-corrected chi connectivity index (χ1v) is 8.38. The van der Waals surface area contributed by atoms with Crippen molar-refractivity contribution in [3.63, 3.8) is 0 Å². The third-order valence-electron chi connectivity index (χ3n) is 4.45. The number of carbonyl (C=O) groups is 2. The molecule has 0 aliphatic heterocycles. The quantitative estimate of drug-likeness (QED) is 0.479. The molecule has 7 heteroatoms. The summed E-state index contributed by atoms with van der Waals surface area (Å²) in [6.45, 7) is 7.57. The molecule has 1 rings (SSSR count). The SMILES string of the molecule is CCN(CC(=O)O)C1CC(NC(=O)NCC(C)(C)CCCO)C1. The van der Waals surface area contributed by atoms with Crippen LogP contribution in [-0.2, 0) is 4.79 Å². The summed E-state index contributed by atoms with van der Waals surface area (Å²) in [7, 11) is 0. The van der Waals surface area contributed by atoms with Crippen molar-refractivity contribution in [3.8, 4) is 0 Å². The van der Waals surface area contributed by atoms with E-state index in [-0.39, 0.29) is 36.7 Å². The van der Waals surface area contributed by atoms with Crippen LogP contribution in [0.15, 0.2) is 0 Å². The van der Waals surface area contributed by atoms with Crippen LogP contribution in [0.1, 0.15) is 46.5 Å². The van der Waals surface area contributed by atoms with E-state index in [2.05, 4.69) is 24.5 Å². The highest BCUT2D eigenvalue weighted by atomic mass is 16.4. The van der Waals surface area contributed by atoms with Crippen molar-refractivity contribution in [2.75, 3.05) is 26.2 Å². The second-order valence-corrected chi connectivity index (χ2v) is 7.10. The lowest BCUT2D eigenvalue weighted by molar-refractivity contribution is -0.139. The Morgan fingerprint density at radius 1 is 1.30 bits per heavy atom. The van der Waals surface area contributed by atoms with Crippen LogP contribution in [0.4, 0.5) is 4.79 Å². The standard InChI is InChI=1S/C16H31N3O4/c1-4-19(10-14(21)22)13-8-12(9-13)18-15(23)17-11-16(2,3)6-5-7-20/h12-13,20H,4-11H2,1-3H3,(H,21,22)(H2,17,18,23). The Hall–Kier alpha value is -1.34. The summed E-state index contributed by atoms with van der Waals surface area (Å²) in [6.07, 6.45) is 3.18. The van der Waals surface area contributed by atoms with Gasteiger partial charge in [0.15, 0.2) is 0 Å². The van der Waals surface area contributed by atoms with E-state index in [4.69, 9.17) is 10.2 Å². The van der Waals surface area contributed by atoms with Gasteiger partial charge in [-0.3, -0.25) is 9.69 Å². The molecule has 0 bridgehead atoms. The largest absolute Gasteiger partial charge is 0.480 e. The highest BCUT2D eigenvalue weighted by molar-refractivity contribution is 5.74. The fourth-order valence-electron chi connectivity index (χ4n) is 2.88. The first-order chi connectivity index (χ1) is 10.8. The van der Waals surface area contributed by atoms with Crippen molar-refractivity contribution >= 4 is 12.0 Å². The molecule has 4 N–H and O–H groups in total. The van der Waals surface area contributed by atoms with Crippen LogP contribution in [0.5, 0.6) is 0 Å². The second kappa shape index (κ2) is 9.08. The number of carboxylic acids is 1. The molecule has 0 aromatic heterocycles. The number of nitrogens with one attached hydrogen (secondary N) is 2. The topological polar surface area (TPSA) is 102 Å². The first-order valence-electron chi connectivity index (χ1n) is 8.38. The number of amides is 2. The van der Waals surface area contributed by atoms with Gasteiger partial charge >= 0.3 is 12.0 Å². The van der Waals surface area contributed by atoms with Crippen LogP contribution in [0.25, 0.3) is 0 Å². The maximum atomic E-state index is 11.9. The lowest BCUT2D eigenvalue weighted by Gasteiger charge is -2.42. The van der Waals surface area contributed by atoms with E-state index in [0.717, 1.165) is 25.7 Å². The van der Waals surface area contributed by atoms with Crippen LogP contribution >= 0.6 is 0 Å². The molecular formula is C16H31N3O4. The van der Waals surface area contributed by atoms with Gasteiger partial charge in [0.2, 0.25) is 0 Å². The monoisotopic (exact) mass is 329 g/mol. The van der Waals surface area contributed by atoms with Crippen LogP contribution in [-0.4, -0.2) is 65.4 Å². The number of urea groups is 1. The number of aliphatic hydroxyl groups is 1. The molecule has 0 saturated heterocycles. The maximum Gasteiger partial charge on any atom is 0.317 e. The molecule has 2 amide bonds. The van der Waals surface area contributed by atoms with E-state index in [1.807, 2.05) is 11.8 Å². The third-order valence-corrected chi connectivity index (χ3v) is 4.45. The number of rotatable bonds is 10. The normalized spacial score (nSPS) is 20.9. The Morgan fingerprint density at radius 2 is 1.96 bits per heavy atom. The van der Waals surface area contributed by atoms with E-state index >= 15 is 0 Å². The molecule has 0 atom stereocenters. The van der Waals surface area contributed by atoms with Gasteiger partial charge in [0.1, 0.15) is 0 Å². The van der Waals surface area contributed by atoms with Crippen LogP contribution in [0.2, 0.25) is 0 Å². The lowest BCUT2D eigenvalue weighted by Crippen LogP contribution is -2.56. The van der Waals surface area contributed by atoms with Gasteiger partial charge in [-0.2, -0.15) is 0 Å². The minimum atomic E-state index is -0.814. The number of hydrogen-bond donors (Lipinski definition) is 4. The molecule has 1 aliphatic rings. The summed E-state index contributed by atoms with van der Waals surface area (Å²) in [5, 5.41) is 23.6. The number of carboxylic acid groups (broad SMARTS) is 1. The van der Waals surface area contributed by atoms with Crippen molar-refractivity contribution in [3.05, 3.63) is 0 Å². The van der Waals surface area contributed by atoms with Crippen molar-refractivity contribution in [2.45, 2.75) is 58.5 Å². The molecule has 0 radical (unpaired) electrons. The van der Waals surface area contributed by atoms with E-state index in [1.165, 1.54) is 0 Å². The molecule has 23 heavy (non-hydrogen) atoms. The number of aliphatic hydroxyl groups excluding tert-OH is 1. The molecule has 0 aromatic rings. The van der Waals surface area contributed by atoms with E-state index in [1.54, 1.807) is 0 Å². The molecule has 0 aromatic carbocycles. The fraction of sp³-hybridized carbons (Fsp3) is 0.875. The molecule has 0 spiro atoms. The van der Waals surface area contributed by atoms with Gasteiger partial charge in [0, 0.05) is 25.2 Å². The van der Waals surface area contributed by atoms with Gasteiger partial charge in [0.25, 0.3) is 0 Å². The van der Waals surface area contributed by atoms with Gasteiger partial charge in [-0.05, 0) is 37.6 Å². The Kier molecular flexibility index (Phi) is 7.78. The summed E-state index contributed by atoms with van der Waals surface area (Å²) in [6, 6.07) is 0.178. The molecule has 0 unspecified atom stereocenters. The molecule has 1 fully saturated rings. The molecule has 0 heterocycles.